The highest BCUT2D eigenvalue weighted by Gasteiger charge is 2.55. The van der Waals surface area contributed by atoms with Crippen LogP contribution in [0.3, 0.4) is 0 Å². The van der Waals surface area contributed by atoms with Gasteiger partial charge in [0.25, 0.3) is 0 Å². The van der Waals surface area contributed by atoms with Crippen LogP contribution in [-0.2, 0) is 9.53 Å². The van der Waals surface area contributed by atoms with Crippen molar-refractivity contribution >= 4 is 5.97 Å². The minimum absolute atomic E-state index is 0.278. The first-order valence-corrected chi connectivity index (χ1v) is 9.41. The first-order chi connectivity index (χ1) is 13.2. The topological polar surface area (TPSA) is 81.5 Å². The summed E-state index contributed by atoms with van der Waals surface area (Å²) in [5.74, 6) is -1.10. The summed E-state index contributed by atoms with van der Waals surface area (Å²) in [5, 5.41) is 15.3. The number of esters is 1. The molecule has 0 aromatic heterocycles. The van der Waals surface area contributed by atoms with Crippen LogP contribution in [-0.4, -0.2) is 28.6 Å². The maximum Gasteiger partial charge on any atom is 0.324 e. The second kappa shape index (κ2) is 7.72. The lowest BCUT2D eigenvalue weighted by molar-refractivity contribution is -0.527. The highest BCUT2D eigenvalue weighted by atomic mass is 16.6. The number of carbonyl (C=O) groups excluding carboxylic acids is 1. The zero-order valence-electron chi connectivity index (χ0n) is 16.6. The van der Waals surface area contributed by atoms with Crippen LogP contribution in [0, 0.1) is 17.0 Å². The van der Waals surface area contributed by atoms with Gasteiger partial charge >= 0.3 is 5.97 Å². The average molecular weight is 382 g/mol. The minimum atomic E-state index is -0.984. The van der Waals surface area contributed by atoms with Crippen LogP contribution in [0.5, 0.6) is 0 Å². The molecule has 148 valence electrons. The van der Waals surface area contributed by atoms with E-state index in [9.17, 15) is 14.9 Å². The molecule has 1 saturated heterocycles. The first-order valence-electron chi connectivity index (χ1n) is 9.41. The largest absolute Gasteiger partial charge is 0.459 e. The van der Waals surface area contributed by atoms with Crippen molar-refractivity contribution < 1.29 is 14.5 Å². The van der Waals surface area contributed by atoms with Gasteiger partial charge in [-0.2, -0.15) is 0 Å². The number of carbonyl (C=O) groups is 1. The number of rotatable bonds is 4. The van der Waals surface area contributed by atoms with E-state index >= 15 is 0 Å². The van der Waals surface area contributed by atoms with Crippen LogP contribution >= 0.6 is 0 Å². The van der Waals surface area contributed by atoms with E-state index in [0.717, 1.165) is 16.7 Å². The normalized spacial score (nSPS) is 24.7. The van der Waals surface area contributed by atoms with Crippen molar-refractivity contribution in [1.29, 1.82) is 0 Å². The molecule has 6 heteroatoms. The summed E-state index contributed by atoms with van der Waals surface area (Å²) in [4.78, 5) is 24.8. The highest BCUT2D eigenvalue weighted by Crippen LogP contribution is 2.41. The monoisotopic (exact) mass is 382 g/mol. The molecule has 1 fully saturated rings. The number of benzene rings is 2. The number of ether oxygens (including phenoxy) is 1. The number of nitrogens with zero attached hydrogens (tertiary/aromatic N) is 1. The summed E-state index contributed by atoms with van der Waals surface area (Å²) in [5.41, 5.74) is 1.92. The summed E-state index contributed by atoms with van der Waals surface area (Å²) in [6, 6.07) is 14.4. The van der Waals surface area contributed by atoms with E-state index in [1.165, 1.54) is 0 Å². The van der Waals surface area contributed by atoms with E-state index in [0.29, 0.717) is 0 Å². The SMILES string of the molecule is Cc1ccc([C@H]2[C@H]([N+](=O)[O-])[C@H](c3ccccc3)N[C@@H]2C(=O)OC(C)(C)C)cc1. The van der Waals surface area contributed by atoms with Crippen LogP contribution in [0.25, 0.3) is 0 Å². The number of nitrogens with one attached hydrogen (secondary N) is 1. The lowest BCUT2D eigenvalue weighted by Crippen LogP contribution is -2.41. The molecule has 0 aliphatic carbocycles. The Hall–Kier alpha value is -2.73. The van der Waals surface area contributed by atoms with Gasteiger partial charge in [-0.3, -0.25) is 20.2 Å². The summed E-state index contributed by atoms with van der Waals surface area (Å²) < 4.78 is 5.59. The molecule has 0 radical (unpaired) electrons. The molecule has 6 nitrogen and oxygen atoms in total. The Kier molecular flexibility index (Phi) is 5.52. The summed E-state index contributed by atoms with van der Waals surface area (Å²) in [6.07, 6.45) is 0. The van der Waals surface area contributed by atoms with Gasteiger partial charge < -0.3 is 4.74 Å². The maximum atomic E-state index is 12.9. The van der Waals surface area contributed by atoms with E-state index < -0.39 is 35.6 Å². The van der Waals surface area contributed by atoms with Gasteiger partial charge in [0.2, 0.25) is 6.04 Å². The van der Waals surface area contributed by atoms with Crippen molar-refractivity contribution in [2.24, 2.45) is 0 Å². The third-order valence-corrected chi connectivity index (χ3v) is 4.95. The predicted molar refractivity (Wildman–Crippen MR) is 107 cm³/mol. The Morgan fingerprint density at radius 1 is 1.04 bits per heavy atom. The van der Waals surface area contributed by atoms with Gasteiger partial charge in [-0.25, -0.2) is 0 Å². The molecule has 2 aromatic carbocycles. The van der Waals surface area contributed by atoms with Crippen LogP contribution in [0.2, 0.25) is 0 Å². The van der Waals surface area contributed by atoms with Crippen molar-refractivity contribution in [1.82, 2.24) is 5.32 Å². The van der Waals surface area contributed by atoms with E-state index in [1.54, 1.807) is 20.8 Å². The number of hydrogen-bond acceptors (Lipinski definition) is 5. The molecule has 4 atom stereocenters. The second-order valence-corrected chi connectivity index (χ2v) is 8.28. The van der Waals surface area contributed by atoms with E-state index in [1.807, 2.05) is 61.5 Å². The molecule has 0 amide bonds. The molecular weight excluding hydrogens is 356 g/mol. The van der Waals surface area contributed by atoms with Crippen molar-refractivity contribution in [3.8, 4) is 0 Å². The van der Waals surface area contributed by atoms with Gasteiger partial charge in [0, 0.05) is 4.92 Å². The van der Waals surface area contributed by atoms with Crippen molar-refractivity contribution in [2.75, 3.05) is 0 Å². The van der Waals surface area contributed by atoms with Gasteiger partial charge in [0.1, 0.15) is 17.7 Å². The highest BCUT2D eigenvalue weighted by molar-refractivity contribution is 5.78. The van der Waals surface area contributed by atoms with Gasteiger partial charge in [0.05, 0.1) is 5.92 Å². The zero-order valence-corrected chi connectivity index (χ0v) is 16.6. The molecule has 2 aromatic rings. The second-order valence-electron chi connectivity index (χ2n) is 8.28. The van der Waals surface area contributed by atoms with Gasteiger partial charge in [0.15, 0.2) is 0 Å². The summed E-state index contributed by atoms with van der Waals surface area (Å²) in [6.45, 7) is 7.33. The fourth-order valence-corrected chi connectivity index (χ4v) is 3.77. The number of nitro groups is 1. The Labute approximate surface area is 165 Å². The van der Waals surface area contributed by atoms with Gasteiger partial charge in [-0.1, -0.05) is 60.2 Å². The van der Waals surface area contributed by atoms with Crippen molar-refractivity contribution in [3.05, 3.63) is 81.4 Å². The van der Waals surface area contributed by atoms with E-state index in [-0.39, 0.29) is 4.92 Å². The lowest BCUT2D eigenvalue weighted by atomic mass is 9.85. The van der Waals surface area contributed by atoms with Crippen LogP contribution < -0.4 is 5.32 Å². The third kappa shape index (κ3) is 4.22. The Morgan fingerprint density at radius 2 is 1.64 bits per heavy atom. The molecule has 28 heavy (non-hydrogen) atoms. The Bertz CT molecular complexity index is 843. The van der Waals surface area contributed by atoms with E-state index in [4.69, 9.17) is 4.74 Å². The molecule has 0 spiro atoms. The van der Waals surface area contributed by atoms with Crippen LogP contribution in [0.15, 0.2) is 54.6 Å². The standard InChI is InChI=1S/C22H26N2O4/c1-14-10-12-15(13-11-14)17-19(21(25)28-22(2,3)4)23-18(20(17)24(26)27)16-8-6-5-7-9-16/h5-13,17-20,23H,1-4H3/t17-,18+,19+,20+/m1/s1. The summed E-state index contributed by atoms with van der Waals surface area (Å²) >= 11 is 0. The van der Waals surface area contributed by atoms with Crippen LogP contribution in [0.4, 0.5) is 0 Å². The molecule has 1 heterocycles. The fourth-order valence-electron chi connectivity index (χ4n) is 3.77. The first kappa shape index (κ1) is 20.0. The molecule has 1 aliphatic heterocycles. The summed E-state index contributed by atoms with van der Waals surface area (Å²) in [7, 11) is 0. The lowest BCUT2D eigenvalue weighted by Gasteiger charge is -2.25. The number of aryl methyl sites for hydroxylation is 1. The van der Waals surface area contributed by atoms with Gasteiger partial charge in [-0.05, 0) is 38.8 Å². The molecule has 0 saturated carbocycles. The predicted octanol–water partition coefficient (Wildman–Crippen LogP) is 3.78. The Morgan fingerprint density at radius 3 is 2.18 bits per heavy atom. The number of hydrogen-bond donors (Lipinski definition) is 1. The molecule has 0 bridgehead atoms. The quantitative estimate of drug-likeness (QED) is 0.494. The maximum absolute atomic E-state index is 12.9. The van der Waals surface area contributed by atoms with Crippen LogP contribution in [0.1, 0.15) is 49.4 Å². The molecule has 3 rings (SSSR count). The van der Waals surface area contributed by atoms with Crippen molar-refractivity contribution in [3.63, 3.8) is 0 Å². The van der Waals surface area contributed by atoms with E-state index in [2.05, 4.69) is 5.32 Å². The molecular formula is C22H26N2O4. The zero-order chi connectivity index (χ0) is 20.5. The third-order valence-electron chi connectivity index (χ3n) is 4.95. The van der Waals surface area contributed by atoms with Crippen molar-refractivity contribution in [2.45, 2.75) is 57.3 Å². The molecule has 1 N–H and O–H groups in total. The molecule has 1 aliphatic rings. The average Bonchev–Trinajstić information content (AvgIpc) is 3.03. The van der Waals surface area contributed by atoms with Gasteiger partial charge in [-0.15, -0.1) is 0 Å². The fraction of sp³-hybridized carbons (Fsp3) is 0.409. The minimum Gasteiger partial charge on any atom is -0.459 e. The molecule has 0 unspecified atom stereocenters. The Balaban J connectivity index is 2.06. The smallest absolute Gasteiger partial charge is 0.324 e.